The third-order valence-corrected chi connectivity index (χ3v) is 3.95. The van der Waals surface area contributed by atoms with Gasteiger partial charge in [0.1, 0.15) is 0 Å². The van der Waals surface area contributed by atoms with Crippen LogP contribution < -0.4 is 5.32 Å². The van der Waals surface area contributed by atoms with Crippen LogP contribution in [-0.2, 0) is 6.42 Å². The van der Waals surface area contributed by atoms with Gasteiger partial charge in [-0.05, 0) is 42.0 Å². The Hall–Kier alpha value is -1.28. The molecule has 0 amide bonds. The van der Waals surface area contributed by atoms with Gasteiger partial charge in [0.15, 0.2) is 0 Å². The first-order chi connectivity index (χ1) is 8.90. The summed E-state index contributed by atoms with van der Waals surface area (Å²) >= 11 is 1.80. The van der Waals surface area contributed by atoms with E-state index in [0.717, 1.165) is 0 Å². The van der Waals surface area contributed by atoms with E-state index in [0.29, 0.717) is 0 Å². The number of para-hydroxylation sites is 1. The van der Waals surface area contributed by atoms with Crippen molar-refractivity contribution in [1.29, 1.82) is 0 Å². The van der Waals surface area contributed by atoms with Crippen LogP contribution in [0.4, 0.5) is 10.7 Å². The number of aryl methyl sites for hydroxylation is 1. The van der Waals surface area contributed by atoms with E-state index in [9.17, 15) is 0 Å². The van der Waals surface area contributed by atoms with Gasteiger partial charge in [0.05, 0.1) is 5.00 Å². The molecule has 0 bridgehead atoms. The van der Waals surface area contributed by atoms with Crippen LogP contribution >= 0.6 is 11.3 Å². The lowest BCUT2D eigenvalue weighted by atomic mass is 10.1. The van der Waals surface area contributed by atoms with E-state index >= 15 is 0 Å². The third kappa shape index (κ3) is 3.88. The Balaban J connectivity index is 1.91. The molecule has 96 valence electrons. The molecule has 1 aromatic carbocycles. The number of thiophene rings is 1. The number of benzene rings is 1. The minimum absolute atomic E-state index is 1.18. The van der Waals surface area contributed by atoms with Crippen molar-refractivity contribution in [3.8, 4) is 0 Å². The maximum absolute atomic E-state index is 3.51. The Morgan fingerprint density at radius 2 is 1.83 bits per heavy atom. The predicted octanol–water partition coefficient (Wildman–Crippen LogP) is 5.61. The summed E-state index contributed by atoms with van der Waals surface area (Å²) in [4.78, 5) is 0. The molecule has 2 aromatic rings. The lowest BCUT2D eigenvalue weighted by molar-refractivity contribution is 0.668. The van der Waals surface area contributed by atoms with E-state index in [1.165, 1.54) is 48.4 Å². The van der Waals surface area contributed by atoms with E-state index in [4.69, 9.17) is 0 Å². The van der Waals surface area contributed by atoms with E-state index < -0.39 is 0 Å². The van der Waals surface area contributed by atoms with Crippen LogP contribution in [0.3, 0.4) is 0 Å². The Labute approximate surface area is 114 Å². The quantitative estimate of drug-likeness (QED) is 0.637. The van der Waals surface area contributed by atoms with Gasteiger partial charge in [0.2, 0.25) is 0 Å². The molecule has 0 aliphatic rings. The molecular weight excluding hydrogens is 238 g/mol. The summed E-state index contributed by atoms with van der Waals surface area (Å²) in [5, 5.41) is 7.00. The van der Waals surface area contributed by atoms with E-state index in [1.807, 2.05) is 6.07 Å². The molecule has 0 spiro atoms. The second kappa shape index (κ2) is 7.22. The molecule has 1 N–H and O–H groups in total. The molecule has 18 heavy (non-hydrogen) atoms. The maximum Gasteiger partial charge on any atom is 0.0959 e. The summed E-state index contributed by atoms with van der Waals surface area (Å²) in [5.74, 6) is 0. The zero-order valence-electron chi connectivity index (χ0n) is 11.0. The van der Waals surface area contributed by atoms with Crippen LogP contribution in [0.15, 0.2) is 41.8 Å². The molecule has 0 atom stereocenters. The first-order valence-electron chi connectivity index (χ1n) is 6.78. The van der Waals surface area contributed by atoms with Gasteiger partial charge in [-0.1, -0.05) is 44.4 Å². The molecule has 1 heterocycles. The summed E-state index contributed by atoms with van der Waals surface area (Å²) < 4.78 is 0. The van der Waals surface area contributed by atoms with Crippen molar-refractivity contribution in [2.24, 2.45) is 0 Å². The first kappa shape index (κ1) is 13.2. The molecule has 1 aromatic heterocycles. The molecule has 0 saturated carbocycles. The topological polar surface area (TPSA) is 12.0 Å². The number of unbranched alkanes of at least 4 members (excludes halogenated alkanes) is 3. The minimum atomic E-state index is 1.18. The molecule has 0 unspecified atom stereocenters. The highest BCUT2D eigenvalue weighted by molar-refractivity contribution is 7.14. The van der Waals surface area contributed by atoms with E-state index in [1.54, 1.807) is 11.3 Å². The summed E-state index contributed by atoms with van der Waals surface area (Å²) in [6, 6.07) is 12.7. The van der Waals surface area contributed by atoms with Crippen molar-refractivity contribution < 1.29 is 0 Å². The van der Waals surface area contributed by atoms with Gasteiger partial charge in [-0.2, -0.15) is 0 Å². The zero-order valence-corrected chi connectivity index (χ0v) is 11.8. The number of nitrogens with one attached hydrogen (secondary N) is 1. The third-order valence-electron chi connectivity index (χ3n) is 3.08. The largest absolute Gasteiger partial charge is 0.347 e. The van der Waals surface area contributed by atoms with Crippen molar-refractivity contribution in [2.45, 2.75) is 39.0 Å². The van der Waals surface area contributed by atoms with Gasteiger partial charge in [-0.25, -0.2) is 0 Å². The molecular formula is C16H21NS. The average Bonchev–Trinajstić information content (AvgIpc) is 2.83. The molecule has 2 heteroatoms. The normalized spacial score (nSPS) is 10.5. The minimum Gasteiger partial charge on any atom is -0.347 e. The van der Waals surface area contributed by atoms with Crippen molar-refractivity contribution in [2.75, 3.05) is 5.32 Å². The van der Waals surface area contributed by atoms with Gasteiger partial charge in [0, 0.05) is 5.69 Å². The highest BCUT2D eigenvalue weighted by atomic mass is 32.1. The number of hydrogen-bond acceptors (Lipinski definition) is 2. The SMILES string of the molecule is CCCCCCc1ccsc1Nc1ccccc1. The van der Waals surface area contributed by atoms with Crippen LogP contribution in [0.2, 0.25) is 0 Å². The summed E-state index contributed by atoms with van der Waals surface area (Å²) in [7, 11) is 0. The lowest BCUT2D eigenvalue weighted by Crippen LogP contribution is -1.92. The molecule has 0 aliphatic heterocycles. The zero-order chi connectivity index (χ0) is 12.6. The highest BCUT2D eigenvalue weighted by Gasteiger charge is 2.04. The molecule has 0 aliphatic carbocycles. The van der Waals surface area contributed by atoms with E-state index in [-0.39, 0.29) is 0 Å². The number of rotatable bonds is 7. The molecule has 0 saturated heterocycles. The number of anilines is 2. The second-order valence-electron chi connectivity index (χ2n) is 4.58. The second-order valence-corrected chi connectivity index (χ2v) is 5.49. The van der Waals surface area contributed by atoms with Crippen LogP contribution in [0.1, 0.15) is 38.2 Å². The fourth-order valence-corrected chi connectivity index (χ4v) is 2.90. The average molecular weight is 259 g/mol. The monoisotopic (exact) mass is 259 g/mol. The summed E-state index contributed by atoms with van der Waals surface area (Å²) in [6.07, 6.45) is 6.49. The maximum atomic E-state index is 3.51. The van der Waals surface area contributed by atoms with Crippen molar-refractivity contribution >= 4 is 22.0 Å². The standard InChI is InChI=1S/C16H21NS/c1-2-3-4-6-9-14-12-13-18-16(14)17-15-10-7-5-8-11-15/h5,7-8,10-13,17H,2-4,6,9H2,1H3. The van der Waals surface area contributed by atoms with E-state index in [2.05, 4.69) is 48.0 Å². The van der Waals surface area contributed by atoms with Gasteiger partial charge >= 0.3 is 0 Å². The Bertz CT molecular complexity index is 447. The lowest BCUT2D eigenvalue weighted by Gasteiger charge is -2.07. The van der Waals surface area contributed by atoms with Gasteiger partial charge in [-0.3, -0.25) is 0 Å². The van der Waals surface area contributed by atoms with Crippen molar-refractivity contribution in [3.05, 3.63) is 47.3 Å². The fourth-order valence-electron chi connectivity index (χ4n) is 2.04. The predicted molar refractivity (Wildman–Crippen MR) is 81.9 cm³/mol. The highest BCUT2D eigenvalue weighted by Crippen LogP contribution is 2.28. The van der Waals surface area contributed by atoms with Crippen molar-refractivity contribution in [1.82, 2.24) is 0 Å². The fraction of sp³-hybridized carbons (Fsp3) is 0.375. The van der Waals surface area contributed by atoms with Crippen LogP contribution in [0, 0.1) is 0 Å². The smallest absolute Gasteiger partial charge is 0.0959 e. The Kier molecular flexibility index (Phi) is 5.28. The van der Waals surface area contributed by atoms with Gasteiger partial charge < -0.3 is 5.32 Å². The van der Waals surface area contributed by atoms with Crippen LogP contribution in [0.5, 0.6) is 0 Å². The van der Waals surface area contributed by atoms with Crippen LogP contribution in [0.25, 0.3) is 0 Å². The van der Waals surface area contributed by atoms with Gasteiger partial charge in [0.25, 0.3) is 0 Å². The molecule has 1 nitrogen and oxygen atoms in total. The number of hydrogen-bond donors (Lipinski definition) is 1. The van der Waals surface area contributed by atoms with Crippen LogP contribution in [-0.4, -0.2) is 0 Å². The molecule has 2 rings (SSSR count). The Morgan fingerprint density at radius 3 is 2.61 bits per heavy atom. The van der Waals surface area contributed by atoms with Crippen molar-refractivity contribution in [3.63, 3.8) is 0 Å². The molecule has 0 fully saturated rings. The summed E-state index contributed by atoms with van der Waals surface area (Å²) in [5.41, 5.74) is 2.63. The first-order valence-corrected chi connectivity index (χ1v) is 7.66. The molecule has 0 radical (unpaired) electrons. The van der Waals surface area contributed by atoms with Gasteiger partial charge in [-0.15, -0.1) is 11.3 Å². The Morgan fingerprint density at radius 1 is 1.00 bits per heavy atom. The summed E-state index contributed by atoms with van der Waals surface area (Å²) in [6.45, 7) is 2.26.